The van der Waals surface area contributed by atoms with Crippen LogP contribution in [0.3, 0.4) is 0 Å². The van der Waals surface area contributed by atoms with Crippen LogP contribution in [0.2, 0.25) is 0 Å². The molecule has 0 aliphatic heterocycles. The topological polar surface area (TPSA) is 75.6 Å². The van der Waals surface area contributed by atoms with E-state index >= 15 is 0 Å². The van der Waals surface area contributed by atoms with Gasteiger partial charge in [0.25, 0.3) is 0 Å². The Labute approximate surface area is 147 Å². The zero-order chi connectivity index (χ0) is 18.1. The third-order valence-electron chi connectivity index (χ3n) is 3.76. The van der Waals surface area contributed by atoms with Gasteiger partial charge in [-0.3, -0.25) is 9.59 Å². The summed E-state index contributed by atoms with van der Waals surface area (Å²) >= 11 is 0. The number of anilines is 1. The Hall–Kier alpha value is -2.82. The van der Waals surface area contributed by atoms with Crippen molar-refractivity contribution in [3.8, 4) is 5.75 Å². The van der Waals surface area contributed by atoms with E-state index in [1.807, 2.05) is 43.3 Å². The number of carbonyl (C=O) groups is 2. The van der Waals surface area contributed by atoms with E-state index in [4.69, 9.17) is 9.84 Å². The summed E-state index contributed by atoms with van der Waals surface area (Å²) < 4.78 is 5.67. The molecule has 0 aliphatic carbocycles. The van der Waals surface area contributed by atoms with E-state index in [0.29, 0.717) is 31.6 Å². The van der Waals surface area contributed by atoms with E-state index in [1.54, 1.807) is 12.1 Å². The molecule has 0 aromatic heterocycles. The minimum absolute atomic E-state index is 0.0633. The number of nitrogens with one attached hydrogen (secondary N) is 1. The van der Waals surface area contributed by atoms with Gasteiger partial charge >= 0.3 is 5.97 Å². The lowest BCUT2D eigenvalue weighted by Crippen LogP contribution is -2.13. The first-order valence-corrected chi connectivity index (χ1v) is 8.33. The molecule has 0 radical (unpaired) electrons. The van der Waals surface area contributed by atoms with Crippen LogP contribution in [0.15, 0.2) is 48.5 Å². The number of para-hydroxylation sites is 1. The molecule has 2 N–H and O–H groups in total. The Balaban J connectivity index is 1.69. The van der Waals surface area contributed by atoms with Crippen LogP contribution in [0, 0.1) is 6.92 Å². The van der Waals surface area contributed by atoms with Crippen molar-refractivity contribution in [2.24, 2.45) is 0 Å². The highest BCUT2D eigenvalue weighted by atomic mass is 16.5. The smallest absolute Gasteiger partial charge is 0.303 e. The second-order valence-electron chi connectivity index (χ2n) is 5.86. The first kappa shape index (κ1) is 18.5. The Morgan fingerprint density at radius 1 is 1.04 bits per heavy atom. The van der Waals surface area contributed by atoms with E-state index in [0.717, 1.165) is 16.9 Å². The molecule has 0 saturated heterocycles. The fourth-order valence-corrected chi connectivity index (χ4v) is 2.36. The number of amides is 1. The lowest BCUT2D eigenvalue weighted by molar-refractivity contribution is -0.137. The lowest BCUT2D eigenvalue weighted by Gasteiger charge is -2.09. The Bertz CT molecular complexity index is 710. The molecule has 0 bridgehead atoms. The fraction of sp³-hybridized carbons (Fsp3) is 0.300. The van der Waals surface area contributed by atoms with Crippen molar-refractivity contribution in [1.29, 1.82) is 0 Å². The number of carboxylic acid groups (broad SMARTS) is 1. The Morgan fingerprint density at radius 3 is 2.44 bits per heavy atom. The zero-order valence-corrected chi connectivity index (χ0v) is 14.3. The van der Waals surface area contributed by atoms with Crippen molar-refractivity contribution >= 4 is 17.6 Å². The average Bonchev–Trinajstić information content (AvgIpc) is 2.59. The standard InChI is InChI=1S/C20H23NO4/c1-15-5-2-3-6-18(15)25-14-4-7-19(22)21-17-11-8-16(9-12-17)10-13-20(23)24/h2-3,5-6,8-9,11-12H,4,7,10,13-14H2,1H3,(H,21,22)(H,23,24). The highest BCUT2D eigenvalue weighted by Crippen LogP contribution is 2.16. The molecule has 0 aliphatic rings. The molecular formula is C20H23NO4. The molecule has 1 amide bonds. The van der Waals surface area contributed by atoms with Crippen molar-refractivity contribution < 1.29 is 19.4 Å². The normalized spacial score (nSPS) is 10.3. The van der Waals surface area contributed by atoms with Gasteiger partial charge in [-0.2, -0.15) is 0 Å². The third-order valence-corrected chi connectivity index (χ3v) is 3.76. The van der Waals surface area contributed by atoms with Crippen LogP contribution >= 0.6 is 0 Å². The Morgan fingerprint density at radius 2 is 1.76 bits per heavy atom. The van der Waals surface area contributed by atoms with E-state index in [2.05, 4.69) is 5.32 Å². The monoisotopic (exact) mass is 341 g/mol. The minimum Gasteiger partial charge on any atom is -0.493 e. The number of carboxylic acids is 1. The molecule has 2 rings (SSSR count). The maximum absolute atomic E-state index is 11.9. The summed E-state index contributed by atoms with van der Waals surface area (Å²) in [7, 11) is 0. The van der Waals surface area contributed by atoms with Crippen LogP contribution in [-0.4, -0.2) is 23.6 Å². The number of hydrogen-bond acceptors (Lipinski definition) is 3. The number of rotatable bonds is 9. The predicted molar refractivity (Wildman–Crippen MR) is 96.9 cm³/mol. The molecule has 0 heterocycles. The minimum atomic E-state index is -0.815. The third kappa shape index (κ3) is 6.67. The SMILES string of the molecule is Cc1ccccc1OCCCC(=O)Nc1ccc(CCC(=O)O)cc1. The first-order valence-electron chi connectivity index (χ1n) is 8.33. The van der Waals surface area contributed by atoms with Crippen molar-refractivity contribution in [2.45, 2.75) is 32.6 Å². The molecule has 0 unspecified atom stereocenters. The summed E-state index contributed by atoms with van der Waals surface area (Å²) in [5, 5.41) is 11.5. The van der Waals surface area contributed by atoms with Gasteiger partial charge in [0.2, 0.25) is 5.91 Å². The van der Waals surface area contributed by atoms with Gasteiger partial charge in [0.1, 0.15) is 5.75 Å². The van der Waals surface area contributed by atoms with Gasteiger partial charge in [0, 0.05) is 18.5 Å². The molecular weight excluding hydrogens is 318 g/mol. The number of carbonyl (C=O) groups excluding carboxylic acids is 1. The van der Waals surface area contributed by atoms with Crippen LogP contribution in [0.5, 0.6) is 5.75 Å². The van der Waals surface area contributed by atoms with E-state index < -0.39 is 5.97 Å². The Kier molecular flexibility index (Phi) is 7.01. The number of aryl methyl sites for hydroxylation is 2. The van der Waals surface area contributed by atoms with Gasteiger partial charge in [-0.05, 0) is 49.1 Å². The van der Waals surface area contributed by atoms with Crippen LogP contribution in [0.4, 0.5) is 5.69 Å². The molecule has 5 heteroatoms. The summed E-state index contributed by atoms with van der Waals surface area (Å²) in [6.45, 7) is 2.48. The fourth-order valence-electron chi connectivity index (χ4n) is 2.36. The second kappa shape index (κ2) is 9.47. The highest BCUT2D eigenvalue weighted by molar-refractivity contribution is 5.90. The van der Waals surface area contributed by atoms with Crippen molar-refractivity contribution in [3.05, 3.63) is 59.7 Å². The molecule has 0 spiro atoms. The van der Waals surface area contributed by atoms with Crippen LogP contribution < -0.4 is 10.1 Å². The summed E-state index contributed by atoms with van der Waals surface area (Å²) in [5.74, 6) is -0.0307. The molecule has 2 aromatic carbocycles. The van der Waals surface area contributed by atoms with Crippen LogP contribution in [-0.2, 0) is 16.0 Å². The van der Waals surface area contributed by atoms with Crippen LogP contribution in [0.1, 0.15) is 30.4 Å². The quantitative estimate of drug-likeness (QED) is 0.680. The summed E-state index contributed by atoms with van der Waals surface area (Å²) in [4.78, 5) is 22.5. The number of aliphatic carboxylic acids is 1. The summed E-state index contributed by atoms with van der Waals surface area (Å²) in [6.07, 6.45) is 1.61. The molecule has 2 aromatic rings. The summed E-state index contributed by atoms with van der Waals surface area (Å²) in [5.41, 5.74) is 2.73. The first-order chi connectivity index (χ1) is 12.0. The van der Waals surface area contributed by atoms with Gasteiger partial charge in [0.15, 0.2) is 0 Å². The largest absolute Gasteiger partial charge is 0.493 e. The van der Waals surface area contributed by atoms with E-state index in [9.17, 15) is 9.59 Å². The van der Waals surface area contributed by atoms with Gasteiger partial charge in [-0.1, -0.05) is 30.3 Å². The molecule has 5 nitrogen and oxygen atoms in total. The highest BCUT2D eigenvalue weighted by Gasteiger charge is 2.04. The summed E-state index contributed by atoms with van der Waals surface area (Å²) in [6, 6.07) is 15.0. The van der Waals surface area contributed by atoms with Crippen molar-refractivity contribution in [1.82, 2.24) is 0 Å². The van der Waals surface area contributed by atoms with E-state index in [1.165, 1.54) is 0 Å². The van der Waals surface area contributed by atoms with Gasteiger partial charge in [0.05, 0.1) is 6.61 Å². The second-order valence-corrected chi connectivity index (χ2v) is 5.86. The molecule has 0 saturated carbocycles. The van der Waals surface area contributed by atoms with Gasteiger partial charge in [-0.15, -0.1) is 0 Å². The van der Waals surface area contributed by atoms with Crippen LogP contribution in [0.25, 0.3) is 0 Å². The number of hydrogen-bond donors (Lipinski definition) is 2. The number of benzene rings is 2. The zero-order valence-electron chi connectivity index (χ0n) is 14.3. The lowest BCUT2D eigenvalue weighted by atomic mass is 10.1. The maximum Gasteiger partial charge on any atom is 0.303 e. The maximum atomic E-state index is 11.9. The van der Waals surface area contributed by atoms with Gasteiger partial charge in [-0.25, -0.2) is 0 Å². The average molecular weight is 341 g/mol. The van der Waals surface area contributed by atoms with E-state index in [-0.39, 0.29) is 12.3 Å². The molecule has 0 atom stereocenters. The molecule has 0 fully saturated rings. The number of ether oxygens (including phenoxy) is 1. The van der Waals surface area contributed by atoms with Gasteiger partial charge < -0.3 is 15.2 Å². The van der Waals surface area contributed by atoms with Crippen molar-refractivity contribution in [2.75, 3.05) is 11.9 Å². The molecule has 25 heavy (non-hydrogen) atoms. The van der Waals surface area contributed by atoms with Crippen molar-refractivity contribution in [3.63, 3.8) is 0 Å². The molecule has 132 valence electrons. The predicted octanol–water partition coefficient (Wildman–Crippen LogP) is 3.81.